The number of hydrogen-bond donors (Lipinski definition) is 2. The molecule has 0 radical (unpaired) electrons. The van der Waals surface area contributed by atoms with E-state index < -0.39 is 29.6 Å². The van der Waals surface area contributed by atoms with Crippen LogP contribution in [0, 0.1) is 0 Å². The number of amides is 3. The zero-order valence-electron chi connectivity index (χ0n) is 21.5. The fraction of sp³-hybridized carbons (Fsp3) is 0.407. The molecule has 0 aliphatic carbocycles. The van der Waals surface area contributed by atoms with Crippen LogP contribution >= 0.6 is 0 Å². The minimum absolute atomic E-state index is 0.0360. The molecule has 2 aliphatic heterocycles. The molecular weight excluding hydrogens is 515 g/mol. The standard InChI is InChI=1S/C27H30F3N5O4/c1-18(36)19-5-7-21(8-6-19)32-24(37)16-23-26(39)31-9-10-35(23)25(38)17-33-11-13-34(14-12-33)22-4-2-3-20(15-22)27(28,29)30/h2-8,15,23H,9-14,16-17H2,1H3,(H,31,39)(H,32,37)/t23-/m1/s1. The second kappa shape index (κ2) is 11.9. The van der Waals surface area contributed by atoms with Gasteiger partial charge in [0.25, 0.3) is 0 Å². The third kappa shape index (κ3) is 7.14. The maximum Gasteiger partial charge on any atom is 0.416 e. The normalized spacial score (nSPS) is 18.5. The van der Waals surface area contributed by atoms with Crippen molar-refractivity contribution in [2.45, 2.75) is 25.6 Å². The zero-order valence-corrected chi connectivity index (χ0v) is 21.5. The number of benzene rings is 2. The lowest BCUT2D eigenvalue weighted by Gasteiger charge is -2.39. The Balaban J connectivity index is 1.32. The van der Waals surface area contributed by atoms with Crippen LogP contribution < -0.4 is 15.5 Å². The van der Waals surface area contributed by atoms with E-state index in [0.717, 1.165) is 12.1 Å². The number of hydrogen-bond acceptors (Lipinski definition) is 6. The van der Waals surface area contributed by atoms with E-state index in [1.54, 1.807) is 30.3 Å². The molecule has 1 atom stereocenters. The van der Waals surface area contributed by atoms with Gasteiger partial charge < -0.3 is 20.4 Å². The van der Waals surface area contributed by atoms with E-state index in [1.165, 1.54) is 17.9 Å². The Morgan fingerprint density at radius 1 is 1.00 bits per heavy atom. The Hall–Kier alpha value is -3.93. The van der Waals surface area contributed by atoms with Crippen LogP contribution in [0.3, 0.4) is 0 Å². The quantitative estimate of drug-likeness (QED) is 0.519. The number of carbonyl (C=O) groups is 4. The Morgan fingerprint density at radius 2 is 1.69 bits per heavy atom. The summed E-state index contributed by atoms with van der Waals surface area (Å²) in [6, 6.07) is 10.6. The van der Waals surface area contributed by atoms with Gasteiger partial charge in [0.15, 0.2) is 5.78 Å². The van der Waals surface area contributed by atoms with Crippen LogP contribution in [0.5, 0.6) is 0 Å². The number of anilines is 2. The Morgan fingerprint density at radius 3 is 2.33 bits per heavy atom. The lowest BCUT2D eigenvalue weighted by molar-refractivity contribution is -0.145. The maximum absolute atomic E-state index is 13.2. The van der Waals surface area contributed by atoms with E-state index >= 15 is 0 Å². The second-order valence-electron chi connectivity index (χ2n) is 9.59. The molecule has 0 spiro atoms. The van der Waals surface area contributed by atoms with Crippen molar-refractivity contribution in [3.63, 3.8) is 0 Å². The molecule has 3 amide bonds. The maximum atomic E-state index is 13.2. The summed E-state index contributed by atoms with van der Waals surface area (Å²) >= 11 is 0. The molecule has 0 bridgehead atoms. The van der Waals surface area contributed by atoms with Gasteiger partial charge in [-0.2, -0.15) is 13.2 Å². The second-order valence-corrected chi connectivity index (χ2v) is 9.59. The van der Waals surface area contributed by atoms with Gasteiger partial charge in [-0.3, -0.25) is 24.1 Å². The SMILES string of the molecule is CC(=O)c1ccc(NC(=O)C[C@@H]2C(=O)NCCN2C(=O)CN2CCN(c3cccc(C(F)(F)F)c3)CC2)cc1. The first-order valence-corrected chi connectivity index (χ1v) is 12.6. The summed E-state index contributed by atoms with van der Waals surface area (Å²) in [5, 5.41) is 5.39. The van der Waals surface area contributed by atoms with Gasteiger partial charge in [0.05, 0.1) is 18.5 Å². The largest absolute Gasteiger partial charge is 0.416 e. The van der Waals surface area contributed by atoms with E-state index in [2.05, 4.69) is 10.6 Å². The first-order valence-electron chi connectivity index (χ1n) is 12.6. The van der Waals surface area contributed by atoms with Crippen LogP contribution in [0.4, 0.5) is 24.5 Å². The van der Waals surface area contributed by atoms with E-state index in [-0.39, 0.29) is 37.7 Å². The van der Waals surface area contributed by atoms with Gasteiger partial charge in [-0.05, 0) is 49.4 Å². The van der Waals surface area contributed by atoms with Gasteiger partial charge in [0, 0.05) is 56.2 Å². The predicted octanol–water partition coefficient (Wildman–Crippen LogP) is 2.39. The lowest BCUT2D eigenvalue weighted by atomic mass is 10.1. The van der Waals surface area contributed by atoms with E-state index in [1.807, 2.05) is 9.80 Å². The molecule has 0 unspecified atom stereocenters. The van der Waals surface area contributed by atoms with Crippen LogP contribution in [0.15, 0.2) is 48.5 Å². The van der Waals surface area contributed by atoms with Crippen molar-refractivity contribution in [2.24, 2.45) is 0 Å². The Labute approximate surface area is 223 Å². The summed E-state index contributed by atoms with van der Waals surface area (Å²) in [6.07, 6.45) is -4.64. The number of halogens is 3. The van der Waals surface area contributed by atoms with Gasteiger partial charge >= 0.3 is 6.18 Å². The first-order chi connectivity index (χ1) is 18.5. The number of alkyl halides is 3. The van der Waals surface area contributed by atoms with Crippen molar-refractivity contribution in [3.05, 3.63) is 59.7 Å². The molecule has 2 N–H and O–H groups in total. The third-order valence-electron chi connectivity index (χ3n) is 6.87. The summed E-state index contributed by atoms with van der Waals surface area (Å²) < 4.78 is 39.2. The molecule has 208 valence electrons. The molecule has 4 rings (SSSR count). The molecule has 2 saturated heterocycles. The number of nitrogens with one attached hydrogen (secondary N) is 2. The van der Waals surface area contributed by atoms with Gasteiger partial charge in [-0.1, -0.05) is 6.07 Å². The highest BCUT2D eigenvalue weighted by Crippen LogP contribution is 2.32. The number of rotatable bonds is 7. The average Bonchev–Trinajstić information content (AvgIpc) is 2.90. The fourth-order valence-electron chi connectivity index (χ4n) is 4.72. The molecule has 9 nitrogen and oxygen atoms in total. The molecular formula is C27H30F3N5O4. The van der Waals surface area contributed by atoms with Crippen molar-refractivity contribution < 1.29 is 32.3 Å². The van der Waals surface area contributed by atoms with Crippen LogP contribution in [-0.2, 0) is 20.6 Å². The number of ketones is 1. The van der Waals surface area contributed by atoms with Crippen LogP contribution in [-0.4, -0.2) is 85.2 Å². The van der Waals surface area contributed by atoms with Gasteiger partial charge in [-0.15, -0.1) is 0 Å². The zero-order chi connectivity index (χ0) is 28.2. The van der Waals surface area contributed by atoms with Crippen LogP contribution in [0.25, 0.3) is 0 Å². The van der Waals surface area contributed by atoms with Crippen LogP contribution in [0.1, 0.15) is 29.3 Å². The minimum atomic E-state index is -4.42. The number of Topliss-reactive ketones (excluding diaryl/α,β-unsaturated/α-hetero) is 1. The van der Waals surface area contributed by atoms with E-state index in [4.69, 9.17) is 0 Å². The van der Waals surface area contributed by atoms with Gasteiger partial charge in [0.1, 0.15) is 6.04 Å². The lowest BCUT2D eigenvalue weighted by Crippen LogP contribution is -2.60. The highest BCUT2D eigenvalue weighted by Gasteiger charge is 2.36. The third-order valence-corrected chi connectivity index (χ3v) is 6.87. The predicted molar refractivity (Wildman–Crippen MR) is 138 cm³/mol. The summed E-state index contributed by atoms with van der Waals surface area (Å²) in [5.74, 6) is -1.25. The molecule has 0 saturated carbocycles. The monoisotopic (exact) mass is 545 g/mol. The fourth-order valence-corrected chi connectivity index (χ4v) is 4.72. The Bertz CT molecular complexity index is 1230. The van der Waals surface area contributed by atoms with Crippen molar-refractivity contribution in [1.29, 1.82) is 0 Å². The minimum Gasteiger partial charge on any atom is -0.369 e. The molecule has 39 heavy (non-hydrogen) atoms. The van der Waals surface area contributed by atoms with Crippen molar-refractivity contribution in [2.75, 3.05) is 56.0 Å². The summed E-state index contributed by atoms with van der Waals surface area (Å²) in [5.41, 5.74) is 0.750. The number of piperazine rings is 2. The summed E-state index contributed by atoms with van der Waals surface area (Å²) in [4.78, 5) is 55.0. The smallest absolute Gasteiger partial charge is 0.369 e. The van der Waals surface area contributed by atoms with Crippen molar-refractivity contribution in [3.8, 4) is 0 Å². The van der Waals surface area contributed by atoms with Crippen molar-refractivity contribution >= 4 is 34.9 Å². The number of carbonyl (C=O) groups excluding carboxylic acids is 4. The van der Waals surface area contributed by atoms with Gasteiger partial charge in [-0.25, -0.2) is 0 Å². The molecule has 2 heterocycles. The first kappa shape index (κ1) is 28.1. The molecule has 2 fully saturated rings. The summed E-state index contributed by atoms with van der Waals surface area (Å²) in [6.45, 7) is 3.84. The Kier molecular flexibility index (Phi) is 8.54. The van der Waals surface area contributed by atoms with Crippen LogP contribution in [0.2, 0.25) is 0 Å². The molecule has 0 aromatic heterocycles. The molecule has 12 heteroatoms. The topological polar surface area (TPSA) is 102 Å². The molecule has 2 aromatic carbocycles. The van der Waals surface area contributed by atoms with Crippen molar-refractivity contribution in [1.82, 2.24) is 15.1 Å². The van der Waals surface area contributed by atoms with Gasteiger partial charge in [0.2, 0.25) is 17.7 Å². The van der Waals surface area contributed by atoms with E-state index in [0.29, 0.717) is 43.1 Å². The van der Waals surface area contributed by atoms with E-state index in [9.17, 15) is 32.3 Å². The molecule has 2 aliphatic rings. The highest BCUT2D eigenvalue weighted by atomic mass is 19.4. The number of nitrogens with zero attached hydrogens (tertiary/aromatic N) is 3. The average molecular weight is 546 g/mol. The molecule has 2 aromatic rings. The highest BCUT2D eigenvalue weighted by molar-refractivity contribution is 5.98. The summed E-state index contributed by atoms with van der Waals surface area (Å²) in [7, 11) is 0.